The van der Waals surface area contributed by atoms with Gasteiger partial charge in [-0.1, -0.05) is 0 Å². The SMILES string of the molecule is CC(C)(NC(=O)c1ccc2[nH]ncc2c1)C(C)(C)C(=O)O. The number of carbonyl (C=O) groups excluding carboxylic acids is 1. The molecule has 0 atom stereocenters. The lowest BCUT2D eigenvalue weighted by molar-refractivity contribution is -0.150. The number of aromatic nitrogens is 2. The Hall–Kier alpha value is -2.37. The van der Waals surface area contributed by atoms with Crippen LogP contribution in [0.2, 0.25) is 0 Å². The third-order valence-electron chi connectivity index (χ3n) is 4.23. The Balaban J connectivity index is 2.26. The van der Waals surface area contributed by atoms with E-state index in [-0.39, 0.29) is 5.91 Å². The molecule has 6 nitrogen and oxygen atoms in total. The maximum Gasteiger partial charge on any atom is 0.311 e. The van der Waals surface area contributed by atoms with Gasteiger partial charge in [0.15, 0.2) is 0 Å². The van der Waals surface area contributed by atoms with E-state index in [4.69, 9.17) is 0 Å². The molecule has 112 valence electrons. The maximum atomic E-state index is 12.4. The molecule has 6 heteroatoms. The molecule has 2 aromatic rings. The van der Waals surface area contributed by atoms with Crippen molar-refractivity contribution in [2.45, 2.75) is 33.2 Å². The molecule has 0 aliphatic rings. The highest BCUT2D eigenvalue weighted by atomic mass is 16.4. The van der Waals surface area contributed by atoms with Crippen LogP contribution in [0, 0.1) is 5.41 Å². The monoisotopic (exact) mass is 289 g/mol. The van der Waals surface area contributed by atoms with Crippen molar-refractivity contribution in [2.75, 3.05) is 0 Å². The van der Waals surface area contributed by atoms with Crippen LogP contribution in [-0.2, 0) is 4.79 Å². The zero-order valence-electron chi connectivity index (χ0n) is 12.5. The number of hydrogen-bond donors (Lipinski definition) is 3. The molecule has 3 N–H and O–H groups in total. The van der Waals surface area contributed by atoms with Gasteiger partial charge in [0, 0.05) is 10.9 Å². The number of amides is 1. The summed E-state index contributed by atoms with van der Waals surface area (Å²) in [4.78, 5) is 23.7. The summed E-state index contributed by atoms with van der Waals surface area (Å²) in [5.74, 6) is -1.27. The molecule has 0 saturated carbocycles. The Kier molecular flexibility index (Phi) is 3.49. The quantitative estimate of drug-likeness (QED) is 0.804. The van der Waals surface area contributed by atoms with Gasteiger partial charge in [-0.15, -0.1) is 0 Å². The second kappa shape index (κ2) is 4.87. The Morgan fingerprint density at radius 1 is 1.24 bits per heavy atom. The van der Waals surface area contributed by atoms with E-state index in [0.29, 0.717) is 5.56 Å². The third kappa shape index (κ3) is 2.61. The minimum Gasteiger partial charge on any atom is -0.481 e. The van der Waals surface area contributed by atoms with E-state index < -0.39 is 16.9 Å². The number of rotatable bonds is 4. The Morgan fingerprint density at radius 3 is 2.52 bits per heavy atom. The predicted molar refractivity (Wildman–Crippen MR) is 79.1 cm³/mol. The van der Waals surface area contributed by atoms with Gasteiger partial charge in [0.05, 0.1) is 22.7 Å². The van der Waals surface area contributed by atoms with Gasteiger partial charge in [0.2, 0.25) is 0 Å². The maximum absolute atomic E-state index is 12.4. The fraction of sp³-hybridized carbons (Fsp3) is 0.400. The summed E-state index contributed by atoms with van der Waals surface area (Å²) >= 11 is 0. The van der Waals surface area contributed by atoms with Crippen LogP contribution in [-0.4, -0.2) is 32.7 Å². The molecule has 0 aliphatic heterocycles. The number of carboxylic acid groups (broad SMARTS) is 1. The molecule has 0 spiro atoms. The third-order valence-corrected chi connectivity index (χ3v) is 4.23. The van der Waals surface area contributed by atoms with Gasteiger partial charge >= 0.3 is 5.97 Å². The van der Waals surface area contributed by atoms with Crippen molar-refractivity contribution in [1.29, 1.82) is 0 Å². The molecule has 0 bridgehead atoms. The number of aliphatic carboxylic acids is 1. The predicted octanol–water partition coefficient (Wildman–Crippen LogP) is 2.18. The summed E-state index contributed by atoms with van der Waals surface area (Å²) in [6.45, 7) is 6.59. The summed E-state index contributed by atoms with van der Waals surface area (Å²) in [6.07, 6.45) is 1.64. The van der Waals surface area contributed by atoms with E-state index in [9.17, 15) is 14.7 Å². The van der Waals surface area contributed by atoms with Crippen molar-refractivity contribution in [1.82, 2.24) is 15.5 Å². The number of nitrogens with one attached hydrogen (secondary N) is 2. The fourth-order valence-corrected chi connectivity index (χ4v) is 1.86. The van der Waals surface area contributed by atoms with E-state index >= 15 is 0 Å². The smallest absolute Gasteiger partial charge is 0.311 e. The van der Waals surface area contributed by atoms with Crippen molar-refractivity contribution in [3.05, 3.63) is 30.0 Å². The molecule has 0 saturated heterocycles. The molecule has 0 radical (unpaired) electrons. The molecule has 2 rings (SSSR count). The Morgan fingerprint density at radius 2 is 1.90 bits per heavy atom. The van der Waals surface area contributed by atoms with Crippen LogP contribution in [0.25, 0.3) is 10.9 Å². The molecule has 1 aromatic heterocycles. The number of hydrogen-bond acceptors (Lipinski definition) is 3. The minimum atomic E-state index is -1.09. The first-order valence-corrected chi connectivity index (χ1v) is 6.64. The van der Waals surface area contributed by atoms with E-state index in [1.54, 1.807) is 52.1 Å². The van der Waals surface area contributed by atoms with Crippen LogP contribution in [0.15, 0.2) is 24.4 Å². The topological polar surface area (TPSA) is 95.1 Å². The van der Waals surface area contributed by atoms with Crippen LogP contribution in [0.3, 0.4) is 0 Å². The van der Waals surface area contributed by atoms with Crippen molar-refractivity contribution >= 4 is 22.8 Å². The van der Waals surface area contributed by atoms with Gasteiger partial charge in [0.1, 0.15) is 0 Å². The lowest BCUT2D eigenvalue weighted by Gasteiger charge is -2.38. The average molecular weight is 289 g/mol. The van der Waals surface area contributed by atoms with Crippen LogP contribution < -0.4 is 5.32 Å². The number of carboxylic acids is 1. The van der Waals surface area contributed by atoms with Crippen LogP contribution >= 0.6 is 0 Å². The highest BCUT2D eigenvalue weighted by Crippen LogP contribution is 2.31. The number of carbonyl (C=O) groups is 2. The highest BCUT2D eigenvalue weighted by Gasteiger charge is 2.44. The van der Waals surface area contributed by atoms with Crippen molar-refractivity contribution in [2.24, 2.45) is 5.41 Å². The Bertz CT molecular complexity index is 701. The van der Waals surface area contributed by atoms with Gasteiger partial charge in [-0.3, -0.25) is 14.7 Å². The molecular weight excluding hydrogens is 270 g/mol. The van der Waals surface area contributed by atoms with Gasteiger partial charge in [-0.05, 0) is 45.9 Å². The largest absolute Gasteiger partial charge is 0.481 e. The van der Waals surface area contributed by atoms with Crippen molar-refractivity contribution in [3.63, 3.8) is 0 Å². The van der Waals surface area contributed by atoms with E-state index in [0.717, 1.165) is 10.9 Å². The fourth-order valence-electron chi connectivity index (χ4n) is 1.86. The summed E-state index contributed by atoms with van der Waals surface area (Å²) in [5, 5.41) is 19.7. The summed E-state index contributed by atoms with van der Waals surface area (Å²) in [6, 6.07) is 5.17. The van der Waals surface area contributed by atoms with E-state index in [1.807, 2.05) is 0 Å². The number of fused-ring (bicyclic) bond motifs is 1. The molecule has 0 aliphatic carbocycles. The van der Waals surface area contributed by atoms with Crippen LogP contribution in [0.4, 0.5) is 0 Å². The van der Waals surface area contributed by atoms with Crippen molar-refractivity contribution in [3.8, 4) is 0 Å². The molecule has 1 amide bonds. The van der Waals surface area contributed by atoms with Gasteiger partial charge in [0.25, 0.3) is 5.91 Å². The number of nitrogens with zero attached hydrogens (tertiary/aromatic N) is 1. The molecule has 0 unspecified atom stereocenters. The summed E-state index contributed by atoms with van der Waals surface area (Å²) in [5.41, 5.74) is -0.682. The van der Waals surface area contributed by atoms with Gasteiger partial charge in [-0.25, -0.2) is 0 Å². The molecule has 1 heterocycles. The van der Waals surface area contributed by atoms with Crippen molar-refractivity contribution < 1.29 is 14.7 Å². The minimum absolute atomic E-state index is 0.308. The van der Waals surface area contributed by atoms with Gasteiger partial charge in [-0.2, -0.15) is 5.10 Å². The lowest BCUT2D eigenvalue weighted by atomic mass is 9.74. The Labute approximate surface area is 122 Å². The molecule has 1 aromatic carbocycles. The highest BCUT2D eigenvalue weighted by molar-refractivity contribution is 5.98. The van der Waals surface area contributed by atoms with Crippen LogP contribution in [0.1, 0.15) is 38.1 Å². The van der Waals surface area contributed by atoms with Gasteiger partial charge < -0.3 is 10.4 Å². The van der Waals surface area contributed by atoms with E-state index in [2.05, 4.69) is 15.5 Å². The molecule has 21 heavy (non-hydrogen) atoms. The molecular formula is C15H19N3O3. The second-order valence-electron chi connectivity index (χ2n) is 6.18. The number of benzene rings is 1. The standard InChI is InChI=1S/C15H19N3O3/c1-14(2,13(20)21)15(3,4)17-12(19)9-5-6-11-10(7-9)8-16-18-11/h5-8H,1-4H3,(H,16,18)(H,17,19)(H,20,21). The summed E-state index contributed by atoms with van der Waals surface area (Å²) in [7, 11) is 0. The second-order valence-corrected chi connectivity index (χ2v) is 6.18. The zero-order valence-corrected chi connectivity index (χ0v) is 12.5. The first-order chi connectivity index (χ1) is 9.65. The normalized spacial score (nSPS) is 12.4. The van der Waals surface area contributed by atoms with E-state index in [1.165, 1.54) is 0 Å². The summed E-state index contributed by atoms with van der Waals surface area (Å²) < 4.78 is 0. The first-order valence-electron chi connectivity index (χ1n) is 6.64. The first kappa shape index (κ1) is 15.0. The van der Waals surface area contributed by atoms with Crippen LogP contribution in [0.5, 0.6) is 0 Å². The number of H-pyrrole nitrogens is 1. The zero-order chi connectivity index (χ0) is 15.8. The lowest BCUT2D eigenvalue weighted by Crippen LogP contribution is -2.56. The number of aromatic amines is 1. The average Bonchev–Trinajstić information content (AvgIpc) is 2.84. The molecule has 0 fully saturated rings.